The van der Waals surface area contributed by atoms with Gasteiger partial charge in [0.2, 0.25) is 0 Å². The molecular weight excluding hydrogens is 267 g/mol. The average molecular weight is 288 g/mol. The maximum atomic E-state index is 14.0. The lowest BCUT2D eigenvalue weighted by Crippen LogP contribution is -2.23. The Morgan fingerprint density at radius 2 is 1.95 bits per heavy atom. The number of ether oxygens (including phenoxy) is 1. The van der Waals surface area contributed by atoms with Gasteiger partial charge in [0.05, 0.1) is 18.8 Å². The van der Waals surface area contributed by atoms with Crippen molar-refractivity contribution in [2.45, 2.75) is 26.3 Å². The Morgan fingerprint density at radius 3 is 2.57 bits per heavy atom. The van der Waals surface area contributed by atoms with Crippen molar-refractivity contribution in [3.8, 4) is 5.75 Å². The van der Waals surface area contributed by atoms with E-state index in [1.165, 1.54) is 6.20 Å². The van der Waals surface area contributed by atoms with E-state index in [-0.39, 0.29) is 11.9 Å². The zero-order valence-corrected chi connectivity index (χ0v) is 12.5. The van der Waals surface area contributed by atoms with Gasteiger partial charge in [0, 0.05) is 11.8 Å². The summed E-state index contributed by atoms with van der Waals surface area (Å²) in [6.45, 7) is 5.53. The highest BCUT2D eigenvalue weighted by atomic mass is 19.1. The van der Waals surface area contributed by atoms with Crippen LogP contribution in [0.1, 0.15) is 37.4 Å². The number of nitrogens with one attached hydrogen (secondary N) is 1. The van der Waals surface area contributed by atoms with Crippen LogP contribution in [0.25, 0.3) is 0 Å². The molecule has 21 heavy (non-hydrogen) atoms. The molecule has 0 fully saturated rings. The zero-order valence-electron chi connectivity index (χ0n) is 12.5. The van der Waals surface area contributed by atoms with Crippen LogP contribution in [0.3, 0.4) is 0 Å². The first-order valence-corrected chi connectivity index (χ1v) is 7.31. The minimum atomic E-state index is -0.297. The Labute approximate surface area is 125 Å². The number of nitrogens with zero attached hydrogens (tertiary/aromatic N) is 1. The summed E-state index contributed by atoms with van der Waals surface area (Å²) in [5.74, 6) is 0.542. The molecular formula is C17H21FN2O. The van der Waals surface area contributed by atoms with Gasteiger partial charge in [-0.1, -0.05) is 26.0 Å². The van der Waals surface area contributed by atoms with Crippen molar-refractivity contribution >= 4 is 0 Å². The third-order valence-corrected chi connectivity index (χ3v) is 3.21. The molecule has 4 heteroatoms. The second-order valence-electron chi connectivity index (χ2n) is 4.81. The van der Waals surface area contributed by atoms with Crippen LogP contribution < -0.4 is 10.1 Å². The van der Waals surface area contributed by atoms with Gasteiger partial charge >= 0.3 is 0 Å². The van der Waals surface area contributed by atoms with Crippen molar-refractivity contribution in [2.24, 2.45) is 0 Å². The highest BCUT2D eigenvalue weighted by Gasteiger charge is 2.16. The Bertz CT molecular complexity index is 557. The van der Waals surface area contributed by atoms with E-state index in [0.717, 1.165) is 24.3 Å². The van der Waals surface area contributed by atoms with Crippen LogP contribution in [-0.2, 0) is 0 Å². The van der Waals surface area contributed by atoms with E-state index >= 15 is 0 Å². The van der Waals surface area contributed by atoms with Gasteiger partial charge in [-0.2, -0.15) is 0 Å². The van der Waals surface area contributed by atoms with Gasteiger partial charge in [-0.05, 0) is 36.7 Å². The van der Waals surface area contributed by atoms with Gasteiger partial charge in [-0.3, -0.25) is 4.98 Å². The Morgan fingerprint density at radius 1 is 1.19 bits per heavy atom. The Kier molecular flexibility index (Phi) is 5.69. The molecule has 0 saturated heterocycles. The van der Waals surface area contributed by atoms with E-state index in [9.17, 15) is 4.39 Å². The minimum absolute atomic E-state index is 0.182. The van der Waals surface area contributed by atoms with Crippen molar-refractivity contribution < 1.29 is 9.13 Å². The van der Waals surface area contributed by atoms with Crippen molar-refractivity contribution in [3.63, 3.8) is 0 Å². The number of pyridine rings is 1. The van der Waals surface area contributed by atoms with Crippen LogP contribution in [0.4, 0.5) is 4.39 Å². The van der Waals surface area contributed by atoms with Crippen LogP contribution >= 0.6 is 0 Å². The van der Waals surface area contributed by atoms with Crippen LogP contribution in [0.5, 0.6) is 5.75 Å². The number of aromatic nitrogens is 1. The molecule has 0 spiro atoms. The summed E-state index contributed by atoms with van der Waals surface area (Å²) >= 11 is 0. The first-order chi connectivity index (χ1) is 10.3. The molecule has 112 valence electrons. The van der Waals surface area contributed by atoms with Gasteiger partial charge in [0.25, 0.3) is 0 Å². The van der Waals surface area contributed by atoms with Gasteiger partial charge in [-0.25, -0.2) is 4.39 Å². The molecule has 1 N–H and O–H groups in total. The monoisotopic (exact) mass is 288 g/mol. The summed E-state index contributed by atoms with van der Waals surface area (Å²) in [5.41, 5.74) is 1.61. The van der Waals surface area contributed by atoms with Gasteiger partial charge in [-0.15, -0.1) is 0 Å². The molecule has 0 amide bonds. The Balaban J connectivity index is 2.24. The first kappa shape index (κ1) is 15.4. The zero-order chi connectivity index (χ0) is 15.1. The fourth-order valence-corrected chi connectivity index (χ4v) is 2.21. The molecule has 0 bridgehead atoms. The predicted molar refractivity (Wildman–Crippen MR) is 81.9 cm³/mol. The maximum Gasteiger partial charge on any atom is 0.146 e. The predicted octanol–water partition coefficient (Wildman–Crippen LogP) is 3.71. The lowest BCUT2D eigenvalue weighted by atomic mass is 9.99. The van der Waals surface area contributed by atoms with E-state index in [0.29, 0.717) is 12.2 Å². The van der Waals surface area contributed by atoms with Crippen LogP contribution in [0.15, 0.2) is 42.7 Å². The molecule has 0 saturated carbocycles. The molecule has 0 aliphatic rings. The minimum Gasteiger partial charge on any atom is -0.494 e. The highest BCUT2D eigenvalue weighted by Crippen LogP contribution is 2.25. The van der Waals surface area contributed by atoms with E-state index in [1.54, 1.807) is 12.3 Å². The molecule has 3 nitrogen and oxygen atoms in total. The summed E-state index contributed by atoms with van der Waals surface area (Å²) in [4.78, 5) is 3.81. The largest absolute Gasteiger partial charge is 0.494 e. The molecule has 0 aliphatic heterocycles. The number of rotatable bonds is 7. The number of halogens is 1. The van der Waals surface area contributed by atoms with Crippen LogP contribution in [-0.4, -0.2) is 18.1 Å². The molecule has 2 aromatic rings. The smallest absolute Gasteiger partial charge is 0.146 e. The van der Waals surface area contributed by atoms with E-state index in [4.69, 9.17) is 4.74 Å². The summed E-state index contributed by atoms with van der Waals surface area (Å²) in [5, 5.41) is 3.31. The summed E-state index contributed by atoms with van der Waals surface area (Å²) < 4.78 is 19.5. The second-order valence-corrected chi connectivity index (χ2v) is 4.81. The third-order valence-electron chi connectivity index (χ3n) is 3.21. The van der Waals surface area contributed by atoms with Gasteiger partial charge in [0.15, 0.2) is 0 Å². The summed E-state index contributed by atoms with van der Waals surface area (Å²) in [6, 6.07) is 9.32. The van der Waals surface area contributed by atoms with E-state index in [1.807, 2.05) is 31.2 Å². The normalized spacial score (nSPS) is 12.1. The van der Waals surface area contributed by atoms with Gasteiger partial charge < -0.3 is 10.1 Å². The topological polar surface area (TPSA) is 34.1 Å². The van der Waals surface area contributed by atoms with Crippen LogP contribution in [0, 0.1) is 5.82 Å². The summed E-state index contributed by atoms with van der Waals surface area (Å²) in [6.07, 6.45) is 3.84. The molecule has 2 rings (SSSR count). The lowest BCUT2D eigenvalue weighted by molar-refractivity contribution is 0.317. The molecule has 1 atom stereocenters. The van der Waals surface area contributed by atoms with Crippen molar-refractivity contribution in [1.29, 1.82) is 0 Å². The second kappa shape index (κ2) is 7.74. The Hall–Kier alpha value is -1.94. The van der Waals surface area contributed by atoms with E-state index in [2.05, 4.69) is 17.2 Å². The molecule has 0 radical (unpaired) electrons. The molecule has 1 heterocycles. The fourth-order valence-electron chi connectivity index (χ4n) is 2.21. The lowest BCUT2D eigenvalue weighted by Gasteiger charge is -2.19. The van der Waals surface area contributed by atoms with Crippen molar-refractivity contribution in [2.75, 3.05) is 13.2 Å². The summed E-state index contributed by atoms with van der Waals surface area (Å²) in [7, 11) is 0. The van der Waals surface area contributed by atoms with E-state index < -0.39 is 0 Å². The van der Waals surface area contributed by atoms with Crippen molar-refractivity contribution in [3.05, 3.63) is 59.7 Å². The average Bonchev–Trinajstić information content (AvgIpc) is 2.52. The number of hydrogen-bond donors (Lipinski definition) is 1. The maximum absolute atomic E-state index is 14.0. The standard InChI is InChI=1S/C17H21FN2O/c1-3-11-21-14-7-5-13(6-8-14)17(20-4-2)15-9-10-19-12-16(15)18/h5-10,12,17,20H,3-4,11H2,1-2H3. The van der Waals surface area contributed by atoms with Gasteiger partial charge in [0.1, 0.15) is 11.6 Å². The number of benzene rings is 1. The molecule has 0 aliphatic carbocycles. The SMILES string of the molecule is CCCOc1ccc(C(NCC)c2ccncc2F)cc1. The quantitative estimate of drug-likeness (QED) is 0.843. The van der Waals surface area contributed by atoms with Crippen LogP contribution in [0.2, 0.25) is 0 Å². The third kappa shape index (κ3) is 4.02. The fraction of sp³-hybridized carbons (Fsp3) is 0.353. The van der Waals surface area contributed by atoms with Crippen molar-refractivity contribution in [1.82, 2.24) is 10.3 Å². The molecule has 1 aromatic carbocycles. The highest BCUT2D eigenvalue weighted by molar-refractivity contribution is 5.35. The first-order valence-electron chi connectivity index (χ1n) is 7.31. The molecule has 1 aromatic heterocycles. The molecule has 1 unspecified atom stereocenters. The number of hydrogen-bond acceptors (Lipinski definition) is 3.